The van der Waals surface area contributed by atoms with Crippen molar-refractivity contribution in [3.05, 3.63) is 65.7 Å². The lowest BCUT2D eigenvalue weighted by atomic mass is 9.91. The van der Waals surface area contributed by atoms with Crippen LogP contribution in [0.1, 0.15) is 41.9 Å². The molecule has 0 radical (unpaired) electrons. The van der Waals surface area contributed by atoms with E-state index in [1.807, 2.05) is 24.3 Å². The second-order valence-corrected chi connectivity index (χ2v) is 7.73. The average molecular weight is 408 g/mol. The second kappa shape index (κ2) is 9.07. The zero-order valence-electron chi connectivity index (χ0n) is 16.7. The van der Waals surface area contributed by atoms with E-state index in [9.17, 15) is 14.0 Å². The van der Waals surface area contributed by atoms with Crippen molar-refractivity contribution >= 4 is 22.8 Å². The van der Waals surface area contributed by atoms with E-state index < -0.39 is 5.82 Å². The average Bonchev–Trinajstić information content (AvgIpc) is 3.19. The van der Waals surface area contributed by atoms with E-state index in [1.165, 1.54) is 12.1 Å². The van der Waals surface area contributed by atoms with Gasteiger partial charge in [0.05, 0.1) is 23.1 Å². The Labute approximate surface area is 174 Å². The first-order chi connectivity index (χ1) is 14.6. The Balaban J connectivity index is 1.19. The molecule has 1 aliphatic heterocycles. The van der Waals surface area contributed by atoms with Crippen molar-refractivity contribution in [3.8, 4) is 0 Å². The fourth-order valence-electron chi connectivity index (χ4n) is 3.92. The molecule has 1 aliphatic rings. The van der Waals surface area contributed by atoms with Gasteiger partial charge in [-0.05, 0) is 49.4 Å². The van der Waals surface area contributed by atoms with Crippen LogP contribution in [0, 0.1) is 11.7 Å². The topological polar surface area (TPSA) is 78.1 Å². The molecule has 1 saturated heterocycles. The number of aromatic amines is 1. The predicted molar refractivity (Wildman–Crippen MR) is 112 cm³/mol. The van der Waals surface area contributed by atoms with E-state index >= 15 is 0 Å². The Hall–Kier alpha value is -3.22. The number of hydrogen-bond donors (Lipinski definition) is 2. The smallest absolute Gasteiger partial charge is 0.256 e. The van der Waals surface area contributed by atoms with Crippen molar-refractivity contribution in [3.63, 3.8) is 0 Å². The van der Waals surface area contributed by atoms with Crippen LogP contribution in [0.5, 0.6) is 0 Å². The number of hydrogen-bond acceptors (Lipinski definition) is 3. The lowest BCUT2D eigenvalue weighted by Crippen LogP contribution is -2.39. The number of amides is 2. The summed E-state index contributed by atoms with van der Waals surface area (Å²) in [7, 11) is 0. The van der Waals surface area contributed by atoms with Crippen molar-refractivity contribution < 1.29 is 14.0 Å². The van der Waals surface area contributed by atoms with E-state index in [1.54, 1.807) is 17.0 Å². The van der Waals surface area contributed by atoms with Crippen molar-refractivity contribution in [2.45, 2.75) is 32.2 Å². The van der Waals surface area contributed by atoms with Crippen LogP contribution in [0.4, 0.5) is 4.39 Å². The van der Waals surface area contributed by atoms with Gasteiger partial charge in [-0.3, -0.25) is 9.59 Å². The van der Waals surface area contributed by atoms with Gasteiger partial charge in [-0.2, -0.15) is 0 Å². The molecule has 0 atom stereocenters. The predicted octanol–water partition coefficient (Wildman–Crippen LogP) is 3.65. The molecule has 0 saturated carbocycles. The number of nitrogens with one attached hydrogen (secondary N) is 2. The van der Waals surface area contributed by atoms with E-state index in [0.29, 0.717) is 32.0 Å². The maximum atomic E-state index is 13.8. The number of aromatic nitrogens is 2. The number of rotatable bonds is 6. The molecule has 0 bridgehead atoms. The van der Waals surface area contributed by atoms with E-state index in [0.717, 1.165) is 36.1 Å². The standard InChI is InChI=1S/C23H25FN4O2/c24-18-6-2-1-5-17(18)23(30)28-13-11-16(12-14-28)9-10-22(29)25-15-21-26-19-7-3-4-8-20(19)27-21/h1-8,16H,9-15H2,(H,25,29)(H,26,27). The van der Waals surface area contributed by atoms with Gasteiger partial charge < -0.3 is 15.2 Å². The normalized spacial score (nSPS) is 14.8. The summed E-state index contributed by atoms with van der Waals surface area (Å²) in [6, 6.07) is 13.8. The van der Waals surface area contributed by atoms with Gasteiger partial charge in [0.25, 0.3) is 5.91 Å². The van der Waals surface area contributed by atoms with E-state index in [2.05, 4.69) is 15.3 Å². The van der Waals surface area contributed by atoms with Crippen LogP contribution in [-0.4, -0.2) is 39.8 Å². The highest BCUT2D eigenvalue weighted by Crippen LogP contribution is 2.23. The minimum atomic E-state index is -0.481. The molecule has 2 heterocycles. The molecule has 3 aromatic rings. The van der Waals surface area contributed by atoms with Gasteiger partial charge in [0.15, 0.2) is 0 Å². The Morgan fingerprint density at radius 3 is 2.60 bits per heavy atom. The highest BCUT2D eigenvalue weighted by molar-refractivity contribution is 5.94. The first kappa shape index (κ1) is 20.1. The number of para-hydroxylation sites is 2. The quantitative estimate of drug-likeness (QED) is 0.654. The zero-order chi connectivity index (χ0) is 20.9. The molecule has 1 fully saturated rings. The number of benzene rings is 2. The minimum absolute atomic E-state index is 0.000295. The van der Waals surface area contributed by atoms with Gasteiger partial charge in [-0.1, -0.05) is 24.3 Å². The Morgan fingerprint density at radius 1 is 1.10 bits per heavy atom. The Bertz CT molecular complexity index is 1010. The molecule has 2 amide bonds. The molecule has 7 heteroatoms. The largest absolute Gasteiger partial charge is 0.349 e. The summed E-state index contributed by atoms with van der Waals surface area (Å²) in [4.78, 5) is 34.1. The minimum Gasteiger partial charge on any atom is -0.349 e. The zero-order valence-corrected chi connectivity index (χ0v) is 16.7. The first-order valence-electron chi connectivity index (χ1n) is 10.3. The first-order valence-corrected chi connectivity index (χ1v) is 10.3. The maximum absolute atomic E-state index is 13.8. The van der Waals surface area contributed by atoms with Crippen LogP contribution in [-0.2, 0) is 11.3 Å². The van der Waals surface area contributed by atoms with Crippen LogP contribution in [0.2, 0.25) is 0 Å². The Kier molecular flexibility index (Phi) is 6.07. The summed E-state index contributed by atoms with van der Waals surface area (Å²) in [5, 5.41) is 2.92. The van der Waals surface area contributed by atoms with E-state index in [-0.39, 0.29) is 17.4 Å². The number of likely N-dealkylation sites (tertiary alicyclic amines) is 1. The van der Waals surface area contributed by atoms with E-state index in [4.69, 9.17) is 0 Å². The molecule has 2 N–H and O–H groups in total. The molecule has 4 rings (SSSR count). The van der Waals surface area contributed by atoms with Gasteiger partial charge in [0.1, 0.15) is 11.6 Å². The van der Waals surface area contributed by atoms with Crippen molar-refractivity contribution in [2.24, 2.45) is 5.92 Å². The molecule has 0 aliphatic carbocycles. The Morgan fingerprint density at radius 2 is 1.83 bits per heavy atom. The van der Waals surface area contributed by atoms with Gasteiger partial charge in [0, 0.05) is 19.5 Å². The SMILES string of the molecule is O=C(CCC1CCN(C(=O)c2ccccc2F)CC1)NCc1nc2ccccc2[nH]1. The number of carbonyl (C=O) groups is 2. The van der Waals surface area contributed by atoms with Crippen LogP contribution < -0.4 is 5.32 Å². The highest BCUT2D eigenvalue weighted by Gasteiger charge is 2.25. The summed E-state index contributed by atoms with van der Waals surface area (Å²) in [6.45, 7) is 1.57. The summed E-state index contributed by atoms with van der Waals surface area (Å²) in [6.07, 6.45) is 2.90. The highest BCUT2D eigenvalue weighted by atomic mass is 19.1. The van der Waals surface area contributed by atoms with Gasteiger partial charge in [0.2, 0.25) is 5.91 Å². The summed E-state index contributed by atoms with van der Waals surface area (Å²) in [5.74, 6) is 0.400. The summed E-state index contributed by atoms with van der Waals surface area (Å²) < 4.78 is 13.8. The summed E-state index contributed by atoms with van der Waals surface area (Å²) >= 11 is 0. The number of imidazole rings is 1. The lowest BCUT2D eigenvalue weighted by Gasteiger charge is -2.32. The van der Waals surface area contributed by atoms with Crippen LogP contribution in [0.25, 0.3) is 11.0 Å². The third kappa shape index (κ3) is 4.67. The number of nitrogens with zero attached hydrogens (tertiary/aromatic N) is 2. The number of H-pyrrole nitrogens is 1. The molecule has 6 nitrogen and oxygen atoms in total. The van der Waals surface area contributed by atoms with Crippen LogP contribution >= 0.6 is 0 Å². The molecule has 2 aromatic carbocycles. The molecule has 0 unspecified atom stereocenters. The number of fused-ring (bicyclic) bond motifs is 1. The van der Waals surface area contributed by atoms with Crippen molar-refractivity contribution in [1.82, 2.24) is 20.2 Å². The van der Waals surface area contributed by atoms with Crippen LogP contribution in [0.3, 0.4) is 0 Å². The number of piperidine rings is 1. The molecule has 1 aromatic heterocycles. The molecular formula is C23H25FN4O2. The lowest BCUT2D eigenvalue weighted by molar-refractivity contribution is -0.121. The fourth-order valence-corrected chi connectivity index (χ4v) is 3.92. The molecule has 30 heavy (non-hydrogen) atoms. The third-order valence-corrected chi connectivity index (χ3v) is 5.68. The fraction of sp³-hybridized carbons (Fsp3) is 0.348. The number of halogens is 1. The molecular weight excluding hydrogens is 383 g/mol. The molecule has 156 valence electrons. The third-order valence-electron chi connectivity index (χ3n) is 5.68. The van der Waals surface area contributed by atoms with Crippen molar-refractivity contribution in [2.75, 3.05) is 13.1 Å². The second-order valence-electron chi connectivity index (χ2n) is 7.73. The van der Waals surface area contributed by atoms with Crippen molar-refractivity contribution in [1.29, 1.82) is 0 Å². The van der Waals surface area contributed by atoms with Gasteiger partial charge >= 0.3 is 0 Å². The van der Waals surface area contributed by atoms with Gasteiger partial charge in [-0.15, -0.1) is 0 Å². The monoisotopic (exact) mass is 408 g/mol. The maximum Gasteiger partial charge on any atom is 0.256 e. The van der Waals surface area contributed by atoms with Gasteiger partial charge in [-0.25, -0.2) is 9.37 Å². The molecule has 0 spiro atoms. The number of carbonyl (C=O) groups excluding carboxylic acids is 2. The summed E-state index contributed by atoms with van der Waals surface area (Å²) in [5.41, 5.74) is 1.97. The van der Waals surface area contributed by atoms with Crippen LogP contribution in [0.15, 0.2) is 48.5 Å².